The van der Waals surface area contributed by atoms with Gasteiger partial charge in [-0.3, -0.25) is 4.98 Å². The Morgan fingerprint density at radius 2 is 1.22 bits per heavy atom. The highest BCUT2D eigenvalue weighted by Crippen LogP contribution is 2.43. The van der Waals surface area contributed by atoms with Gasteiger partial charge in [-0.2, -0.15) is 0 Å². The minimum absolute atomic E-state index is 0.485. The van der Waals surface area contributed by atoms with Crippen molar-refractivity contribution in [2.24, 2.45) is 0 Å². The highest BCUT2D eigenvalue weighted by Gasteiger charge is 2.19. The Labute approximate surface area is 153 Å². The Morgan fingerprint density at radius 3 is 1.74 bits per heavy atom. The molecule has 0 amide bonds. The summed E-state index contributed by atoms with van der Waals surface area (Å²) >= 11 is 25.3. The van der Waals surface area contributed by atoms with E-state index in [4.69, 9.17) is 52.1 Å². The van der Waals surface area contributed by atoms with Gasteiger partial charge in [-0.1, -0.05) is 58.5 Å². The van der Waals surface area contributed by atoms with Gasteiger partial charge in [0.2, 0.25) is 0 Å². The lowest BCUT2D eigenvalue weighted by Crippen LogP contribution is -1.96. The lowest BCUT2D eigenvalue weighted by molar-refractivity contribution is 1.33. The van der Waals surface area contributed by atoms with E-state index in [1.54, 1.807) is 48.7 Å². The van der Waals surface area contributed by atoms with E-state index in [9.17, 15) is 0 Å². The van der Waals surface area contributed by atoms with E-state index >= 15 is 0 Å². The standard InChI is InChI=1S/C17H10Cl4N2/c18-11-3-1-4-12(19)15(11)10-7-9(22)8-23-17(10)16-13(20)5-2-6-14(16)21/h1-8H,22H2. The third-order valence-corrected chi connectivity index (χ3v) is 4.60. The smallest absolute Gasteiger partial charge is 0.0813 e. The molecule has 0 saturated heterocycles. The molecule has 0 spiro atoms. The topological polar surface area (TPSA) is 38.9 Å². The molecule has 2 aromatic carbocycles. The van der Waals surface area contributed by atoms with Crippen LogP contribution in [0.1, 0.15) is 0 Å². The summed E-state index contributed by atoms with van der Waals surface area (Å²) in [6, 6.07) is 12.3. The first-order valence-corrected chi connectivity index (χ1v) is 8.14. The maximum Gasteiger partial charge on any atom is 0.0813 e. The van der Waals surface area contributed by atoms with Crippen LogP contribution < -0.4 is 5.73 Å². The second kappa shape index (κ2) is 6.58. The molecule has 1 heterocycles. The van der Waals surface area contributed by atoms with E-state index in [0.29, 0.717) is 48.2 Å². The van der Waals surface area contributed by atoms with Gasteiger partial charge in [-0.15, -0.1) is 0 Å². The van der Waals surface area contributed by atoms with Crippen molar-refractivity contribution in [3.05, 3.63) is 68.8 Å². The average Bonchev–Trinajstić information content (AvgIpc) is 2.49. The molecule has 0 atom stereocenters. The Hall–Kier alpha value is -1.45. The Morgan fingerprint density at radius 1 is 0.739 bits per heavy atom. The molecule has 1 aromatic heterocycles. The maximum absolute atomic E-state index is 6.34. The van der Waals surface area contributed by atoms with Gasteiger partial charge >= 0.3 is 0 Å². The maximum atomic E-state index is 6.34. The number of nitrogens with zero attached hydrogens (tertiary/aromatic N) is 1. The second-order valence-electron chi connectivity index (χ2n) is 4.86. The summed E-state index contributed by atoms with van der Waals surface area (Å²) in [4.78, 5) is 4.42. The zero-order valence-electron chi connectivity index (χ0n) is 11.7. The second-order valence-corrected chi connectivity index (χ2v) is 6.49. The number of halogens is 4. The quantitative estimate of drug-likeness (QED) is 0.540. The number of rotatable bonds is 2. The van der Waals surface area contributed by atoms with Crippen LogP contribution in [0.15, 0.2) is 48.7 Å². The number of aromatic nitrogens is 1. The summed E-state index contributed by atoms with van der Waals surface area (Å²) in [6.07, 6.45) is 1.54. The van der Waals surface area contributed by atoms with Gasteiger partial charge in [0.15, 0.2) is 0 Å². The number of nitrogens with two attached hydrogens (primary N) is 1. The van der Waals surface area contributed by atoms with Crippen molar-refractivity contribution >= 4 is 52.1 Å². The van der Waals surface area contributed by atoms with Crippen molar-refractivity contribution < 1.29 is 0 Å². The van der Waals surface area contributed by atoms with Crippen LogP contribution in [0.25, 0.3) is 22.4 Å². The van der Waals surface area contributed by atoms with Crippen molar-refractivity contribution in [3.8, 4) is 22.4 Å². The SMILES string of the molecule is Nc1cnc(-c2c(Cl)cccc2Cl)c(-c2c(Cl)cccc2Cl)c1. The molecule has 23 heavy (non-hydrogen) atoms. The number of nitrogen functional groups attached to an aromatic ring is 1. The number of benzene rings is 2. The third-order valence-electron chi connectivity index (χ3n) is 3.34. The lowest BCUT2D eigenvalue weighted by atomic mass is 9.98. The number of hydrogen-bond acceptors (Lipinski definition) is 2. The normalized spacial score (nSPS) is 10.8. The largest absolute Gasteiger partial charge is 0.397 e. The van der Waals surface area contributed by atoms with Crippen LogP contribution in [0.5, 0.6) is 0 Å². The van der Waals surface area contributed by atoms with Crippen molar-refractivity contribution in [1.82, 2.24) is 4.98 Å². The molecule has 0 unspecified atom stereocenters. The van der Waals surface area contributed by atoms with Crippen LogP contribution in [0.4, 0.5) is 5.69 Å². The van der Waals surface area contributed by atoms with Gasteiger partial charge in [0.1, 0.15) is 0 Å². The minimum atomic E-state index is 0.485. The Balaban J connectivity index is 2.37. The molecule has 0 saturated carbocycles. The number of pyridine rings is 1. The molecule has 0 radical (unpaired) electrons. The van der Waals surface area contributed by atoms with Crippen LogP contribution in [0, 0.1) is 0 Å². The highest BCUT2D eigenvalue weighted by molar-refractivity contribution is 6.41. The van der Waals surface area contributed by atoms with E-state index in [1.165, 1.54) is 0 Å². The lowest BCUT2D eigenvalue weighted by Gasteiger charge is -2.15. The zero-order valence-corrected chi connectivity index (χ0v) is 14.7. The number of hydrogen-bond donors (Lipinski definition) is 1. The van der Waals surface area contributed by atoms with Crippen LogP contribution in [-0.4, -0.2) is 4.98 Å². The van der Waals surface area contributed by atoms with E-state index < -0.39 is 0 Å². The molecule has 6 heteroatoms. The molecule has 0 aliphatic carbocycles. The van der Waals surface area contributed by atoms with Crippen molar-refractivity contribution in [1.29, 1.82) is 0 Å². The number of anilines is 1. The molecule has 0 aliphatic rings. The molecule has 0 aliphatic heterocycles. The van der Waals surface area contributed by atoms with Crippen molar-refractivity contribution in [2.75, 3.05) is 5.73 Å². The highest BCUT2D eigenvalue weighted by atomic mass is 35.5. The fourth-order valence-corrected chi connectivity index (χ4v) is 3.53. The first kappa shape index (κ1) is 16.4. The Bertz CT molecular complexity index is 853. The fourth-order valence-electron chi connectivity index (χ4n) is 2.35. The summed E-state index contributed by atoms with van der Waals surface area (Å²) in [6.45, 7) is 0. The molecule has 3 aromatic rings. The van der Waals surface area contributed by atoms with Gasteiger partial charge in [0.05, 0.1) is 27.6 Å². The summed E-state index contributed by atoms with van der Waals surface area (Å²) in [5.41, 5.74) is 8.90. The molecule has 0 fully saturated rings. The van der Waals surface area contributed by atoms with Crippen LogP contribution >= 0.6 is 46.4 Å². The monoisotopic (exact) mass is 382 g/mol. The van der Waals surface area contributed by atoms with Crippen molar-refractivity contribution in [3.63, 3.8) is 0 Å². The van der Waals surface area contributed by atoms with Gasteiger partial charge in [-0.05, 0) is 30.3 Å². The summed E-state index contributed by atoms with van der Waals surface area (Å²) in [5.74, 6) is 0. The predicted octanol–water partition coefficient (Wildman–Crippen LogP) is 6.61. The molecule has 116 valence electrons. The van der Waals surface area contributed by atoms with E-state index in [1.807, 2.05) is 0 Å². The zero-order chi connectivity index (χ0) is 16.6. The third kappa shape index (κ3) is 3.13. The predicted molar refractivity (Wildman–Crippen MR) is 99.6 cm³/mol. The molecular weight excluding hydrogens is 374 g/mol. The van der Waals surface area contributed by atoms with E-state index in [0.717, 1.165) is 0 Å². The van der Waals surface area contributed by atoms with E-state index in [2.05, 4.69) is 4.98 Å². The molecule has 2 nitrogen and oxygen atoms in total. The molecule has 3 rings (SSSR count). The van der Waals surface area contributed by atoms with Crippen LogP contribution in [0.3, 0.4) is 0 Å². The van der Waals surface area contributed by atoms with E-state index in [-0.39, 0.29) is 0 Å². The van der Waals surface area contributed by atoms with Gasteiger partial charge in [0.25, 0.3) is 0 Å². The summed E-state index contributed by atoms with van der Waals surface area (Å²) in [7, 11) is 0. The van der Waals surface area contributed by atoms with Crippen molar-refractivity contribution in [2.45, 2.75) is 0 Å². The Kier molecular flexibility index (Phi) is 4.69. The van der Waals surface area contributed by atoms with Crippen LogP contribution in [-0.2, 0) is 0 Å². The van der Waals surface area contributed by atoms with Gasteiger partial charge in [-0.25, -0.2) is 0 Å². The fraction of sp³-hybridized carbons (Fsp3) is 0. The summed E-state index contributed by atoms with van der Waals surface area (Å²) < 4.78 is 0. The van der Waals surface area contributed by atoms with Gasteiger partial charge in [0, 0.05) is 26.7 Å². The first-order chi connectivity index (χ1) is 11.0. The molecule has 2 N–H and O–H groups in total. The molecule has 0 bridgehead atoms. The first-order valence-electron chi connectivity index (χ1n) is 6.63. The minimum Gasteiger partial charge on any atom is -0.397 e. The average molecular weight is 384 g/mol. The molecular formula is C17H10Cl4N2. The van der Waals surface area contributed by atoms with Gasteiger partial charge < -0.3 is 5.73 Å². The summed E-state index contributed by atoms with van der Waals surface area (Å²) in [5, 5.41) is 1.96. The van der Waals surface area contributed by atoms with Crippen LogP contribution in [0.2, 0.25) is 20.1 Å².